The Morgan fingerprint density at radius 1 is 1.56 bits per heavy atom. The Labute approximate surface area is 115 Å². The Morgan fingerprint density at radius 3 is 3.00 bits per heavy atom. The molecule has 0 radical (unpaired) electrons. The number of ether oxygens (including phenoxy) is 1. The van der Waals surface area contributed by atoms with Crippen molar-refractivity contribution in [2.24, 2.45) is 0 Å². The molecule has 0 aromatic carbocycles. The number of carbonyl (C=O) groups is 1. The molecule has 6 nitrogen and oxygen atoms in total. The topological polar surface area (TPSA) is 89.3 Å². The summed E-state index contributed by atoms with van der Waals surface area (Å²) in [5.74, 6) is 0.976. The molecule has 1 aromatic rings. The zero-order valence-corrected chi connectivity index (χ0v) is 12.1. The largest absolute Gasteiger partial charge is 0.383 e. The summed E-state index contributed by atoms with van der Waals surface area (Å²) in [6, 6.07) is 0. The van der Waals surface area contributed by atoms with Gasteiger partial charge in [-0.2, -0.15) is 11.8 Å². The van der Waals surface area contributed by atoms with Crippen molar-refractivity contribution in [3.05, 3.63) is 4.88 Å². The van der Waals surface area contributed by atoms with Crippen molar-refractivity contribution < 1.29 is 9.53 Å². The van der Waals surface area contributed by atoms with Gasteiger partial charge >= 0.3 is 0 Å². The number of hydrogen-bond acceptors (Lipinski definition) is 7. The Kier molecular flexibility index (Phi) is 6.84. The number of nitrogens with one attached hydrogen (secondary N) is 2. The highest BCUT2D eigenvalue weighted by Gasteiger charge is 2.15. The van der Waals surface area contributed by atoms with Gasteiger partial charge in [0.25, 0.3) is 5.91 Å². The summed E-state index contributed by atoms with van der Waals surface area (Å²) in [5, 5.41) is 6.49. The minimum absolute atomic E-state index is 0.168. The maximum atomic E-state index is 11.8. The fourth-order valence-corrected chi connectivity index (χ4v) is 2.31. The van der Waals surface area contributed by atoms with Crippen LogP contribution >= 0.6 is 23.1 Å². The van der Waals surface area contributed by atoms with E-state index in [0.717, 1.165) is 5.75 Å². The van der Waals surface area contributed by atoms with Gasteiger partial charge in [-0.05, 0) is 6.26 Å². The zero-order chi connectivity index (χ0) is 13.4. The first-order chi connectivity index (χ1) is 8.69. The van der Waals surface area contributed by atoms with Crippen molar-refractivity contribution >= 4 is 40.0 Å². The van der Waals surface area contributed by atoms with E-state index in [9.17, 15) is 4.79 Å². The molecule has 1 heterocycles. The monoisotopic (exact) mass is 290 g/mol. The lowest BCUT2D eigenvalue weighted by Crippen LogP contribution is -2.25. The highest BCUT2D eigenvalue weighted by molar-refractivity contribution is 7.98. The third kappa shape index (κ3) is 4.71. The van der Waals surface area contributed by atoms with Crippen LogP contribution in [0.2, 0.25) is 0 Å². The average Bonchev–Trinajstić information content (AvgIpc) is 2.71. The third-order valence-electron chi connectivity index (χ3n) is 2.03. The number of nitrogens with zero attached hydrogens (tertiary/aromatic N) is 1. The van der Waals surface area contributed by atoms with Crippen molar-refractivity contribution in [1.29, 1.82) is 0 Å². The SMILES string of the molecule is COCCNc1nc(N)c(C(=O)NCCSC)s1. The Bertz CT molecular complexity index is 384. The van der Waals surface area contributed by atoms with Gasteiger partial charge in [0.1, 0.15) is 10.7 Å². The van der Waals surface area contributed by atoms with Gasteiger partial charge in [-0.3, -0.25) is 4.79 Å². The fraction of sp³-hybridized carbons (Fsp3) is 0.600. The lowest BCUT2D eigenvalue weighted by atomic mass is 10.4. The molecule has 0 bridgehead atoms. The van der Waals surface area contributed by atoms with Crippen LogP contribution in [0.5, 0.6) is 0 Å². The molecule has 1 amide bonds. The second kappa shape index (κ2) is 8.17. The first-order valence-corrected chi connectivity index (χ1v) is 7.66. The van der Waals surface area contributed by atoms with Crippen LogP contribution in [0, 0.1) is 0 Å². The van der Waals surface area contributed by atoms with E-state index in [1.165, 1.54) is 11.3 Å². The maximum absolute atomic E-state index is 11.8. The Morgan fingerprint density at radius 2 is 2.33 bits per heavy atom. The van der Waals surface area contributed by atoms with E-state index in [-0.39, 0.29) is 11.7 Å². The van der Waals surface area contributed by atoms with Gasteiger partial charge in [0, 0.05) is 26.0 Å². The van der Waals surface area contributed by atoms with Crippen molar-refractivity contribution in [3.63, 3.8) is 0 Å². The number of thiazole rings is 1. The number of rotatable bonds is 8. The van der Waals surface area contributed by atoms with Crippen LogP contribution in [-0.2, 0) is 4.74 Å². The standard InChI is InChI=1S/C10H18N4O2S2/c1-16-5-3-13-10-14-8(11)7(18-10)9(15)12-4-6-17-2/h3-6,11H2,1-2H3,(H,12,15)(H,13,14). The first kappa shape index (κ1) is 15.1. The average molecular weight is 290 g/mol. The summed E-state index contributed by atoms with van der Waals surface area (Å²) < 4.78 is 4.92. The molecule has 1 rings (SSSR count). The molecule has 0 aliphatic carbocycles. The molecule has 8 heteroatoms. The number of hydrogen-bond donors (Lipinski definition) is 3. The van der Waals surface area contributed by atoms with Crippen LogP contribution in [0.1, 0.15) is 9.67 Å². The van der Waals surface area contributed by atoms with Crippen LogP contribution in [0.3, 0.4) is 0 Å². The lowest BCUT2D eigenvalue weighted by Gasteiger charge is -2.01. The van der Waals surface area contributed by atoms with Crippen LogP contribution in [0.15, 0.2) is 0 Å². The van der Waals surface area contributed by atoms with E-state index in [4.69, 9.17) is 10.5 Å². The molecule has 0 aliphatic heterocycles. The maximum Gasteiger partial charge on any atom is 0.265 e. The normalized spacial score (nSPS) is 10.3. The molecule has 0 saturated heterocycles. The van der Waals surface area contributed by atoms with Crippen LogP contribution < -0.4 is 16.4 Å². The molecule has 0 atom stereocenters. The number of nitrogens with two attached hydrogens (primary N) is 1. The van der Waals surface area contributed by atoms with Crippen LogP contribution in [0.25, 0.3) is 0 Å². The fourth-order valence-electron chi connectivity index (χ4n) is 1.18. The van der Waals surface area contributed by atoms with Gasteiger partial charge in [-0.25, -0.2) is 4.98 Å². The number of aromatic nitrogens is 1. The number of thioether (sulfide) groups is 1. The predicted octanol–water partition coefficient (Wildman–Crippen LogP) is 0.876. The molecule has 18 heavy (non-hydrogen) atoms. The highest BCUT2D eigenvalue weighted by Crippen LogP contribution is 2.24. The van der Waals surface area contributed by atoms with E-state index < -0.39 is 0 Å². The summed E-state index contributed by atoms with van der Waals surface area (Å²) in [6.07, 6.45) is 1.99. The summed E-state index contributed by atoms with van der Waals surface area (Å²) >= 11 is 2.93. The molecule has 0 unspecified atom stereocenters. The van der Waals surface area contributed by atoms with E-state index in [1.807, 2.05) is 6.26 Å². The molecule has 102 valence electrons. The third-order valence-corrected chi connectivity index (χ3v) is 3.67. The first-order valence-electron chi connectivity index (χ1n) is 5.45. The molecule has 1 aromatic heterocycles. The van der Waals surface area contributed by atoms with Gasteiger partial charge in [0.2, 0.25) is 0 Å². The number of carbonyl (C=O) groups excluding carboxylic acids is 1. The van der Waals surface area contributed by atoms with E-state index in [2.05, 4.69) is 15.6 Å². The minimum Gasteiger partial charge on any atom is -0.383 e. The van der Waals surface area contributed by atoms with E-state index in [0.29, 0.717) is 29.7 Å². The summed E-state index contributed by atoms with van der Waals surface area (Å²) in [7, 11) is 1.63. The van der Waals surface area contributed by atoms with Gasteiger partial charge < -0.3 is 21.1 Å². The van der Waals surface area contributed by atoms with Crippen molar-refractivity contribution in [1.82, 2.24) is 10.3 Å². The molecule has 0 fully saturated rings. The van der Waals surface area contributed by atoms with Crippen LogP contribution in [-0.4, -0.2) is 49.7 Å². The lowest BCUT2D eigenvalue weighted by molar-refractivity contribution is 0.0961. The van der Waals surface area contributed by atoms with Gasteiger partial charge in [-0.1, -0.05) is 11.3 Å². The summed E-state index contributed by atoms with van der Waals surface area (Å²) in [4.78, 5) is 16.4. The van der Waals surface area contributed by atoms with Gasteiger partial charge in [0.15, 0.2) is 5.13 Å². The highest BCUT2D eigenvalue weighted by atomic mass is 32.2. The number of amides is 1. The van der Waals surface area contributed by atoms with Crippen molar-refractivity contribution in [2.45, 2.75) is 0 Å². The minimum atomic E-state index is -0.168. The summed E-state index contributed by atoms with van der Waals surface area (Å²) in [6.45, 7) is 1.84. The second-order valence-corrected chi connectivity index (χ2v) is 5.39. The Balaban J connectivity index is 2.52. The zero-order valence-electron chi connectivity index (χ0n) is 10.5. The van der Waals surface area contributed by atoms with Gasteiger partial charge in [-0.15, -0.1) is 0 Å². The number of anilines is 2. The van der Waals surface area contributed by atoms with E-state index in [1.54, 1.807) is 18.9 Å². The Hall–Kier alpha value is -0.990. The number of methoxy groups -OCH3 is 1. The molecular formula is C10H18N4O2S2. The molecular weight excluding hydrogens is 272 g/mol. The summed E-state index contributed by atoms with van der Waals surface area (Å²) in [5.41, 5.74) is 5.71. The van der Waals surface area contributed by atoms with Gasteiger partial charge in [0.05, 0.1) is 6.61 Å². The molecule has 0 saturated carbocycles. The van der Waals surface area contributed by atoms with Crippen molar-refractivity contribution in [3.8, 4) is 0 Å². The van der Waals surface area contributed by atoms with Crippen LogP contribution in [0.4, 0.5) is 10.9 Å². The van der Waals surface area contributed by atoms with E-state index >= 15 is 0 Å². The molecule has 4 N–H and O–H groups in total. The molecule has 0 aliphatic rings. The smallest absolute Gasteiger partial charge is 0.265 e. The van der Waals surface area contributed by atoms with Crippen molar-refractivity contribution in [2.75, 3.05) is 49.9 Å². The number of nitrogen functional groups attached to an aromatic ring is 1. The quantitative estimate of drug-likeness (QED) is 0.616. The second-order valence-electron chi connectivity index (χ2n) is 3.40. The molecule has 0 spiro atoms. The predicted molar refractivity (Wildman–Crippen MR) is 77.6 cm³/mol.